The molecule has 1 unspecified atom stereocenters. The van der Waals surface area contributed by atoms with Gasteiger partial charge in [-0.1, -0.05) is 30.4 Å². The largest absolute Gasteiger partial charge is 0.492 e. The average Bonchev–Trinajstić information content (AvgIpc) is 3.18. The van der Waals surface area contributed by atoms with Crippen LogP contribution in [0.4, 0.5) is 0 Å². The van der Waals surface area contributed by atoms with Crippen LogP contribution in [0.25, 0.3) is 0 Å². The van der Waals surface area contributed by atoms with E-state index in [9.17, 15) is 0 Å². The monoisotopic (exact) mass is 270 g/mol. The molecule has 1 aliphatic carbocycles. The molecule has 0 radical (unpaired) electrons. The predicted molar refractivity (Wildman–Crippen MR) is 75.2 cm³/mol. The van der Waals surface area contributed by atoms with Gasteiger partial charge in [0.1, 0.15) is 22.8 Å². The van der Waals surface area contributed by atoms with Gasteiger partial charge in [0.2, 0.25) is 0 Å². The van der Waals surface area contributed by atoms with Gasteiger partial charge in [0, 0.05) is 11.3 Å². The molecular formula is C15H14N2OS. The molecule has 1 aromatic heterocycles. The van der Waals surface area contributed by atoms with Crippen LogP contribution in [0.15, 0.2) is 30.3 Å². The van der Waals surface area contributed by atoms with Crippen molar-refractivity contribution >= 4 is 12.2 Å². The van der Waals surface area contributed by atoms with Crippen molar-refractivity contribution < 1.29 is 4.74 Å². The molecule has 4 heteroatoms. The number of aromatic nitrogens is 2. The van der Waals surface area contributed by atoms with E-state index in [-0.39, 0.29) is 5.92 Å². The van der Waals surface area contributed by atoms with Crippen LogP contribution in [0, 0.1) is 4.64 Å². The van der Waals surface area contributed by atoms with Crippen molar-refractivity contribution in [2.75, 3.05) is 6.61 Å². The van der Waals surface area contributed by atoms with E-state index in [0.29, 0.717) is 17.2 Å². The molecule has 0 bridgehead atoms. The fourth-order valence-corrected chi connectivity index (χ4v) is 2.89. The van der Waals surface area contributed by atoms with E-state index >= 15 is 0 Å². The number of aromatic amines is 1. The third-order valence-corrected chi connectivity index (χ3v) is 4.04. The smallest absolute Gasteiger partial charge is 0.130 e. The Labute approximate surface area is 116 Å². The zero-order valence-electron chi connectivity index (χ0n) is 10.4. The van der Waals surface area contributed by atoms with E-state index in [4.69, 9.17) is 17.0 Å². The number of ether oxygens (including phenoxy) is 1. The van der Waals surface area contributed by atoms with Gasteiger partial charge in [-0.25, -0.2) is 4.98 Å². The molecule has 1 saturated carbocycles. The summed E-state index contributed by atoms with van der Waals surface area (Å²) in [6.45, 7) is 0.645. The molecule has 3 nitrogen and oxygen atoms in total. The zero-order chi connectivity index (χ0) is 12.8. The molecule has 4 rings (SSSR count). The standard InChI is InChI=1S/C15H14N2OS/c19-14-7-12(9-5-6-9)16-15(17-14)11-8-18-13-4-2-1-3-10(11)13/h1-4,7,9,11H,5-6,8H2,(H,16,17,19). The lowest BCUT2D eigenvalue weighted by atomic mass is 10.0. The van der Waals surface area contributed by atoms with Gasteiger partial charge in [0.25, 0.3) is 0 Å². The molecule has 96 valence electrons. The SMILES string of the molecule is S=c1cc(C2CC2)[nH]c(C2COc3ccccc32)n1. The lowest BCUT2D eigenvalue weighted by molar-refractivity contribution is 0.339. The molecular weight excluding hydrogens is 256 g/mol. The second kappa shape index (κ2) is 4.17. The van der Waals surface area contributed by atoms with Crippen LogP contribution in [-0.2, 0) is 0 Å². The fraction of sp³-hybridized carbons (Fsp3) is 0.333. The Balaban J connectivity index is 1.79. The summed E-state index contributed by atoms with van der Waals surface area (Å²) >= 11 is 5.30. The van der Waals surface area contributed by atoms with E-state index in [1.807, 2.05) is 24.3 Å². The van der Waals surface area contributed by atoms with Crippen molar-refractivity contribution in [1.82, 2.24) is 9.97 Å². The first-order chi connectivity index (χ1) is 9.31. The summed E-state index contributed by atoms with van der Waals surface area (Å²) < 4.78 is 6.41. The van der Waals surface area contributed by atoms with E-state index in [0.717, 1.165) is 11.6 Å². The van der Waals surface area contributed by atoms with Gasteiger partial charge in [0.15, 0.2) is 0 Å². The van der Waals surface area contributed by atoms with Crippen molar-refractivity contribution in [3.05, 3.63) is 52.1 Å². The third-order valence-electron chi connectivity index (χ3n) is 3.83. The number of rotatable bonds is 2. The van der Waals surface area contributed by atoms with Crippen LogP contribution < -0.4 is 4.74 Å². The van der Waals surface area contributed by atoms with Crippen LogP contribution in [0.5, 0.6) is 5.75 Å². The number of para-hydroxylation sites is 1. The first-order valence-corrected chi connectivity index (χ1v) is 7.05. The lowest BCUT2D eigenvalue weighted by Crippen LogP contribution is -2.09. The Bertz CT molecular complexity index is 691. The highest BCUT2D eigenvalue weighted by atomic mass is 32.1. The number of nitrogens with one attached hydrogen (secondary N) is 1. The van der Waals surface area contributed by atoms with E-state index < -0.39 is 0 Å². The van der Waals surface area contributed by atoms with Gasteiger partial charge < -0.3 is 9.72 Å². The molecule has 2 aliphatic rings. The molecule has 1 N–H and O–H groups in total. The number of fused-ring (bicyclic) bond motifs is 1. The Kier molecular flexibility index (Phi) is 2.45. The van der Waals surface area contributed by atoms with E-state index in [1.165, 1.54) is 24.1 Å². The summed E-state index contributed by atoms with van der Waals surface area (Å²) in [4.78, 5) is 7.98. The van der Waals surface area contributed by atoms with Crippen molar-refractivity contribution in [2.45, 2.75) is 24.7 Å². The summed E-state index contributed by atoms with van der Waals surface area (Å²) in [6, 6.07) is 10.2. The quantitative estimate of drug-likeness (QED) is 0.848. The summed E-state index contributed by atoms with van der Waals surface area (Å²) in [7, 11) is 0. The number of benzene rings is 1. The highest BCUT2D eigenvalue weighted by molar-refractivity contribution is 7.71. The lowest BCUT2D eigenvalue weighted by Gasteiger charge is -2.10. The summed E-state index contributed by atoms with van der Waals surface area (Å²) in [5.74, 6) is 2.74. The molecule has 2 aromatic rings. The van der Waals surface area contributed by atoms with Crippen molar-refractivity contribution in [3.8, 4) is 5.75 Å². The minimum Gasteiger partial charge on any atom is -0.492 e. The molecule has 0 saturated heterocycles. The summed E-state index contributed by atoms with van der Waals surface area (Å²) in [5.41, 5.74) is 2.44. The number of nitrogens with zero attached hydrogens (tertiary/aromatic N) is 1. The molecule has 1 aromatic carbocycles. The van der Waals surface area contributed by atoms with Crippen LogP contribution >= 0.6 is 12.2 Å². The Morgan fingerprint density at radius 1 is 1.26 bits per heavy atom. The van der Waals surface area contributed by atoms with Crippen molar-refractivity contribution in [2.24, 2.45) is 0 Å². The molecule has 1 fully saturated rings. The van der Waals surface area contributed by atoms with Crippen molar-refractivity contribution in [3.63, 3.8) is 0 Å². The summed E-state index contributed by atoms with van der Waals surface area (Å²) in [6.07, 6.45) is 2.51. The predicted octanol–water partition coefficient (Wildman–Crippen LogP) is 3.54. The molecule has 2 heterocycles. The molecule has 1 aliphatic heterocycles. The number of hydrogen-bond donors (Lipinski definition) is 1. The highest BCUT2D eigenvalue weighted by Crippen LogP contribution is 2.41. The Hall–Kier alpha value is -1.68. The molecule has 0 amide bonds. The van der Waals surface area contributed by atoms with Gasteiger partial charge in [0.05, 0.1) is 5.92 Å². The normalized spacial score (nSPS) is 20.9. The van der Waals surface area contributed by atoms with Gasteiger partial charge in [-0.2, -0.15) is 0 Å². The van der Waals surface area contributed by atoms with Gasteiger partial charge in [-0.05, 0) is 30.9 Å². The van der Waals surface area contributed by atoms with E-state index in [2.05, 4.69) is 16.0 Å². The number of H-pyrrole nitrogens is 1. The molecule has 19 heavy (non-hydrogen) atoms. The maximum absolute atomic E-state index is 5.73. The van der Waals surface area contributed by atoms with E-state index in [1.54, 1.807) is 0 Å². The minimum atomic E-state index is 0.177. The highest BCUT2D eigenvalue weighted by Gasteiger charge is 2.29. The fourth-order valence-electron chi connectivity index (χ4n) is 2.66. The van der Waals surface area contributed by atoms with Crippen LogP contribution in [0.1, 0.15) is 41.8 Å². The van der Waals surface area contributed by atoms with Crippen molar-refractivity contribution in [1.29, 1.82) is 0 Å². The maximum atomic E-state index is 5.73. The molecule has 1 atom stereocenters. The van der Waals surface area contributed by atoms with Crippen LogP contribution in [0.2, 0.25) is 0 Å². The Morgan fingerprint density at radius 3 is 2.95 bits per heavy atom. The zero-order valence-corrected chi connectivity index (χ0v) is 11.2. The Morgan fingerprint density at radius 2 is 2.11 bits per heavy atom. The maximum Gasteiger partial charge on any atom is 0.130 e. The second-order valence-corrected chi connectivity index (χ2v) is 5.65. The summed E-state index contributed by atoms with van der Waals surface area (Å²) in [5, 5.41) is 0. The average molecular weight is 270 g/mol. The topological polar surface area (TPSA) is 37.9 Å². The van der Waals surface area contributed by atoms with Crippen LogP contribution in [0.3, 0.4) is 0 Å². The first-order valence-electron chi connectivity index (χ1n) is 6.64. The third kappa shape index (κ3) is 1.96. The van der Waals surface area contributed by atoms with Gasteiger partial charge >= 0.3 is 0 Å². The minimum absolute atomic E-state index is 0.177. The number of hydrogen-bond acceptors (Lipinski definition) is 3. The van der Waals surface area contributed by atoms with Crippen LogP contribution in [-0.4, -0.2) is 16.6 Å². The first kappa shape index (κ1) is 11.2. The molecule has 0 spiro atoms. The second-order valence-electron chi connectivity index (χ2n) is 5.24. The van der Waals surface area contributed by atoms with Gasteiger partial charge in [-0.3, -0.25) is 0 Å². The van der Waals surface area contributed by atoms with Gasteiger partial charge in [-0.15, -0.1) is 0 Å².